The van der Waals surface area contributed by atoms with E-state index in [0.29, 0.717) is 30.5 Å². The Morgan fingerprint density at radius 1 is 1.36 bits per heavy atom. The molecule has 1 heterocycles. The molecule has 0 saturated heterocycles. The van der Waals surface area contributed by atoms with E-state index in [1.54, 1.807) is 19.2 Å². The van der Waals surface area contributed by atoms with Crippen LogP contribution in [0.25, 0.3) is 0 Å². The zero-order valence-corrected chi connectivity index (χ0v) is 12.7. The average Bonchev–Trinajstić information content (AvgIpc) is 2.52. The first-order chi connectivity index (χ1) is 10.7. The van der Waals surface area contributed by atoms with E-state index >= 15 is 0 Å². The molecule has 0 unspecified atom stereocenters. The van der Waals surface area contributed by atoms with Gasteiger partial charge in [0.1, 0.15) is 0 Å². The van der Waals surface area contributed by atoms with E-state index in [0.717, 1.165) is 12.1 Å². The second kappa shape index (κ2) is 8.04. The predicted octanol–water partition coefficient (Wildman–Crippen LogP) is 2.27. The fourth-order valence-electron chi connectivity index (χ4n) is 1.82. The lowest BCUT2D eigenvalue weighted by molar-refractivity contribution is 0.101. The largest absolute Gasteiger partial charge is 0.385 e. The minimum absolute atomic E-state index is 0.0185. The maximum atomic E-state index is 11.4. The summed E-state index contributed by atoms with van der Waals surface area (Å²) in [4.78, 5) is 15.7. The van der Waals surface area contributed by atoms with Crippen LogP contribution in [0.5, 0.6) is 0 Å². The van der Waals surface area contributed by atoms with Crippen LogP contribution in [0.3, 0.4) is 0 Å². The summed E-state index contributed by atoms with van der Waals surface area (Å²) in [7, 11) is 1.66. The van der Waals surface area contributed by atoms with Crippen LogP contribution in [0.1, 0.15) is 23.7 Å². The van der Waals surface area contributed by atoms with Crippen molar-refractivity contribution in [3.05, 3.63) is 36.0 Å². The number of benzene rings is 1. The number of carbonyl (C=O) groups excluding carboxylic acids is 1. The normalized spacial score (nSPS) is 10.3. The second-order valence-electron chi connectivity index (χ2n) is 4.70. The number of ketones is 1. The van der Waals surface area contributed by atoms with Crippen molar-refractivity contribution in [1.29, 1.82) is 0 Å². The Morgan fingerprint density at radius 3 is 3.00 bits per heavy atom. The molecule has 22 heavy (non-hydrogen) atoms. The van der Waals surface area contributed by atoms with Crippen LogP contribution in [0.4, 0.5) is 17.5 Å². The number of nitrogens with one attached hydrogen (secondary N) is 2. The number of carbonyl (C=O) groups is 1. The number of ether oxygens (including phenoxy) is 1. The zero-order valence-electron chi connectivity index (χ0n) is 12.7. The summed E-state index contributed by atoms with van der Waals surface area (Å²) in [6.45, 7) is 2.92. The smallest absolute Gasteiger partial charge is 0.244 e. The van der Waals surface area contributed by atoms with Gasteiger partial charge in [-0.25, -0.2) is 0 Å². The monoisotopic (exact) mass is 301 g/mol. The van der Waals surface area contributed by atoms with Gasteiger partial charge in [-0.2, -0.15) is 10.1 Å². The van der Waals surface area contributed by atoms with Crippen molar-refractivity contribution in [2.24, 2.45) is 0 Å². The topological polar surface area (TPSA) is 89.0 Å². The highest BCUT2D eigenvalue weighted by Gasteiger charge is 2.03. The van der Waals surface area contributed by atoms with Crippen molar-refractivity contribution < 1.29 is 9.53 Å². The molecule has 0 amide bonds. The van der Waals surface area contributed by atoms with E-state index in [4.69, 9.17) is 4.74 Å². The summed E-state index contributed by atoms with van der Waals surface area (Å²) in [5.41, 5.74) is 1.42. The summed E-state index contributed by atoms with van der Waals surface area (Å²) < 4.78 is 4.98. The number of anilines is 3. The van der Waals surface area contributed by atoms with Crippen LogP contribution in [-0.4, -0.2) is 41.2 Å². The Balaban J connectivity index is 2.00. The van der Waals surface area contributed by atoms with Crippen molar-refractivity contribution in [1.82, 2.24) is 15.2 Å². The minimum Gasteiger partial charge on any atom is -0.385 e. The fourth-order valence-corrected chi connectivity index (χ4v) is 1.82. The van der Waals surface area contributed by atoms with Crippen LogP contribution >= 0.6 is 0 Å². The Kier molecular flexibility index (Phi) is 5.79. The van der Waals surface area contributed by atoms with E-state index in [1.165, 1.54) is 13.1 Å². The van der Waals surface area contributed by atoms with Crippen LogP contribution < -0.4 is 10.6 Å². The van der Waals surface area contributed by atoms with Gasteiger partial charge < -0.3 is 15.4 Å². The molecular weight excluding hydrogens is 282 g/mol. The molecule has 7 heteroatoms. The molecule has 2 aromatic rings. The van der Waals surface area contributed by atoms with Gasteiger partial charge in [-0.1, -0.05) is 12.1 Å². The lowest BCUT2D eigenvalue weighted by Gasteiger charge is -2.08. The summed E-state index contributed by atoms with van der Waals surface area (Å²) in [5.74, 6) is 1.03. The van der Waals surface area contributed by atoms with Crippen molar-refractivity contribution in [3.8, 4) is 0 Å². The van der Waals surface area contributed by atoms with Crippen LogP contribution in [0.2, 0.25) is 0 Å². The summed E-state index contributed by atoms with van der Waals surface area (Å²) in [6.07, 6.45) is 2.39. The third-order valence-corrected chi connectivity index (χ3v) is 2.91. The van der Waals surface area contributed by atoms with Gasteiger partial charge in [-0.15, -0.1) is 5.10 Å². The highest BCUT2D eigenvalue weighted by molar-refractivity contribution is 5.95. The summed E-state index contributed by atoms with van der Waals surface area (Å²) in [5, 5.41) is 14.0. The number of hydrogen-bond donors (Lipinski definition) is 2. The van der Waals surface area contributed by atoms with E-state index < -0.39 is 0 Å². The van der Waals surface area contributed by atoms with Gasteiger partial charge in [0, 0.05) is 31.5 Å². The molecular formula is C15H19N5O2. The molecule has 0 saturated carbocycles. The first kappa shape index (κ1) is 15.8. The number of aromatic nitrogens is 3. The molecule has 0 aliphatic heterocycles. The molecule has 0 spiro atoms. The Bertz CT molecular complexity index is 633. The van der Waals surface area contributed by atoms with E-state index in [-0.39, 0.29) is 5.78 Å². The lowest BCUT2D eigenvalue weighted by Crippen LogP contribution is -2.09. The van der Waals surface area contributed by atoms with Gasteiger partial charge in [0.25, 0.3) is 0 Å². The lowest BCUT2D eigenvalue weighted by atomic mass is 10.1. The minimum atomic E-state index is 0.0185. The maximum Gasteiger partial charge on any atom is 0.244 e. The van der Waals surface area contributed by atoms with E-state index in [9.17, 15) is 4.79 Å². The highest BCUT2D eigenvalue weighted by Crippen LogP contribution is 2.16. The number of rotatable bonds is 8. The molecule has 0 bridgehead atoms. The van der Waals surface area contributed by atoms with Gasteiger partial charge in [-0.3, -0.25) is 4.79 Å². The zero-order chi connectivity index (χ0) is 15.8. The standard InChI is InChI=1S/C15H19N5O2/c1-11(21)12-5-3-6-13(9-12)18-14-10-17-20-15(19-14)16-7-4-8-22-2/h3,5-6,9-10H,4,7-8H2,1-2H3,(H2,16,18,19,20). The Morgan fingerprint density at radius 2 is 2.23 bits per heavy atom. The third kappa shape index (κ3) is 4.78. The summed E-state index contributed by atoms with van der Waals surface area (Å²) >= 11 is 0. The Labute approximate surface area is 129 Å². The van der Waals surface area contributed by atoms with Crippen molar-refractivity contribution in [2.75, 3.05) is 30.9 Å². The number of hydrogen-bond acceptors (Lipinski definition) is 7. The number of nitrogens with zero attached hydrogens (tertiary/aromatic N) is 3. The van der Waals surface area contributed by atoms with Crippen molar-refractivity contribution in [3.63, 3.8) is 0 Å². The SMILES string of the molecule is COCCCNc1nncc(Nc2cccc(C(C)=O)c2)n1. The second-order valence-corrected chi connectivity index (χ2v) is 4.70. The van der Waals surface area contributed by atoms with Gasteiger partial charge in [0.05, 0.1) is 6.20 Å². The molecule has 0 radical (unpaired) electrons. The molecule has 7 nitrogen and oxygen atoms in total. The molecule has 0 aliphatic carbocycles. The van der Waals surface area contributed by atoms with Crippen molar-refractivity contribution >= 4 is 23.2 Å². The third-order valence-electron chi connectivity index (χ3n) is 2.91. The number of Topliss-reactive ketones (excluding diaryl/α,β-unsaturated/α-hetero) is 1. The van der Waals surface area contributed by atoms with Crippen molar-refractivity contribution in [2.45, 2.75) is 13.3 Å². The van der Waals surface area contributed by atoms with Crippen LogP contribution in [-0.2, 0) is 4.74 Å². The molecule has 0 atom stereocenters. The summed E-state index contributed by atoms with van der Waals surface area (Å²) in [6, 6.07) is 7.22. The first-order valence-corrected chi connectivity index (χ1v) is 6.99. The molecule has 0 fully saturated rings. The van der Waals surface area contributed by atoms with E-state index in [2.05, 4.69) is 25.8 Å². The molecule has 2 rings (SSSR count). The first-order valence-electron chi connectivity index (χ1n) is 6.99. The molecule has 2 N–H and O–H groups in total. The average molecular weight is 301 g/mol. The van der Waals surface area contributed by atoms with Crippen LogP contribution in [0.15, 0.2) is 30.5 Å². The van der Waals surface area contributed by atoms with Gasteiger partial charge in [0.2, 0.25) is 5.95 Å². The molecule has 0 aliphatic rings. The Hall–Kier alpha value is -2.54. The fraction of sp³-hybridized carbons (Fsp3) is 0.333. The predicted molar refractivity (Wildman–Crippen MR) is 84.5 cm³/mol. The molecule has 116 valence electrons. The van der Waals surface area contributed by atoms with E-state index in [1.807, 2.05) is 12.1 Å². The molecule has 1 aromatic heterocycles. The van der Waals surface area contributed by atoms with Crippen LogP contribution in [0, 0.1) is 0 Å². The van der Waals surface area contributed by atoms with Gasteiger partial charge in [0.15, 0.2) is 11.6 Å². The highest BCUT2D eigenvalue weighted by atomic mass is 16.5. The van der Waals surface area contributed by atoms with Gasteiger partial charge >= 0.3 is 0 Å². The molecule has 1 aromatic carbocycles. The maximum absolute atomic E-state index is 11.4. The quantitative estimate of drug-likeness (QED) is 0.571. The van der Waals surface area contributed by atoms with Gasteiger partial charge in [-0.05, 0) is 25.5 Å². The number of methoxy groups -OCH3 is 1.